The Balaban J connectivity index is 1.69. The zero-order chi connectivity index (χ0) is 16.5. The second-order valence-corrected chi connectivity index (χ2v) is 5.35. The molecule has 5 nitrogen and oxygen atoms in total. The highest BCUT2D eigenvalue weighted by Gasteiger charge is 2.14. The monoisotopic (exact) mass is 311 g/mol. The fraction of sp³-hybridized carbons (Fsp3) is 0.278. The van der Waals surface area contributed by atoms with Gasteiger partial charge in [0.2, 0.25) is 0 Å². The Hall–Kier alpha value is -2.69. The molecular formula is C18H21N3O2. The number of hydrogen-bond donors (Lipinski definition) is 2. The molecule has 23 heavy (non-hydrogen) atoms. The summed E-state index contributed by atoms with van der Waals surface area (Å²) in [5, 5.41) is 5.27. The van der Waals surface area contributed by atoms with Crippen LogP contribution in [-0.4, -0.2) is 29.9 Å². The van der Waals surface area contributed by atoms with Gasteiger partial charge in [-0.2, -0.15) is 0 Å². The van der Waals surface area contributed by atoms with Crippen molar-refractivity contribution in [3.05, 3.63) is 66.0 Å². The molecule has 0 unspecified atom stereocenters. The number of aromatic nitrogens is 1. The molecule has 0 spiro atoms. The van der Waals surface area contributed by atoms with E-state index in [-0.39, 0.29) is 5.92 Å². The van der Waals surface area contributed by atoms with Crippen molar-refractivity contribution in [3.8, 4) is 0 Å². The summed E-state index contributed by atoms with van der Waals surface area (Å²) in [6, 6.07) is 15.5. The van der Waals surface area contributed by atoms with E-state index in [1.165, 1.54) is 0 Å². The van der Waals surface area contributed by atoms with Crippen LogP contribution in [0.5, 0.6) is 0 Å². The van der Waals surface area contributed by atoms with E-state index in [1.54, 1.807) is 6.20 Å². The number of nitrogens with one attached hydrogen (secondary N) is 2. The summed E-state index contributed by atoms with van der Waals surface area (Å²) >= 11 is 0. The van der Waals surface area contributed by atoms with E-state index in [0.29, 0.717) is 19.5 Å². The minimum Gasteiger partial charge on any atom is -0.347 e. The van der Waals surface area contributed by atoms with E-state index in [1.807, 2.05) is 55.5 Å². The summed E-state index contributed by atoms with van der Waals surface area (Å²) in [7, 11) is 0. The molecule has 0 saturated heterocycles. The highest BCUT2D eigenvalue weighted by atomic mass is 16.2. The van der Waals surface area contributed by atoms with E-state index in [2.05, 4.69) is 15.6 Å². The third kappa shape index (κ3) is 5.54. The van der Waals surface area contributed by atoms with Gasteiger partial charge in [-0.15, -0.1) is 0 Å². The van der Waals surface area contributed by atoms with E-state index in [9.17, 15) is 9.59 Å². The molecule has 1 atom stereocenters. The van der Waals surface area contributed by atoms with Gasteiger partial charge in [0.15, 0.2) is 0 Å². The molecule has 2 rings (SSSR count). The van der Waals surface area contributed by atoms with Gasteiger partial charge in [-0.3, -0.25) is 14.6 Å². The number of rotatable bonds is 6. The quantitative estimate of drug-likeness (QED) is 0.797. The Morgan fingerprint density at radius 3 is 2.39 bits per heavy atom. The lowest BCUT2D eigenvalue weighted by Crippen LogP contribution is -2.41. The average Bonchev–Trinajstić information content (AvgIpc) is 2.61. The van der Waals surface area contributed by atoms with Crippen LogP contribution in [0.3, 0.4) is 0 Å². The molecule has 0 saturated carbocycles. The largest absolute Gasteiger partial charge is 0.347 e. The van der Waals surface area contributed by atoms with E-state index in [4.69, 9.17) is 0 Å². The number of amides is 2. The van der Waals surface area contributed by atoms with Gasteiger partial charge in [0, 0.05) is 31.4 Å². The number of hydrogen-bond acceptors (Lipinski definition) is 3. The van der Waals surface area contributed by atoms with Crippen LogP contribution in [0.4, 0.5) is 0 Å². The number of carbonyl (C=O) groups excluding carboxylic acids is 2. The minimum atomic E-state index is -0.610. The van der Waals surface area contributed by atoms with Crippen LogP contribution in [0.25, 0.3) is 0 Å². The molecule has 2 amide bonds. The average molecular weight is 311 g/mol. The van der Waals surface area contributed by atoms with Gasteiger partial charge in [0.05, 0.1) is 0 Å². The smallest absolute Gasteiger partial charge is 0.309 e. The summed E-state index contributed by atoms with van der Waals surface area (Å²) in [4.78, 5) is 27.7. The van der Waals surface area contributed by atoms with Crippen molar-refractivity contribution < 1.29 is 9.59 Å². The number of pyridine rings is 1. The molecular weight excluding hydrogens is 290 g/mol. The highest BCUT2D eigenvalue weighted by molar-refractivity contribution is 6.35. The van der Waals surface area contributed by atoms with Crippen LogP contribution in [-0.2, 0) is 16.0 Å². The van der Waals surface area contributed by atoms with Crippen molar-refractivity contribution in [2.75, 3.05) is 13.1 Å². The number of benzene rings is 1. The van der Waals surface area contributed by atoms with Crippen LogP contribution in [0.15, 0.2) is 54.7 Å². The summed E-state index contributed by atoms with van der Waals surface area (Å²) in [6.45, 7) is 2.82. The molecule has 1 aromatic heterocycles. The predicted octanol–water partition coefficient (Wildman–Crippen LogP) is 1.66. The van der Waals surface area contributed by atoms with Crippen molar-refractivity contribution >= 4 is 11.8 Å². The van der Waals surface area contributed by atoms with Gasteiger partial charge >= 0.3 is 11.8 Å². The van der Waals surface area contributed by atoms with Gasteiger partial charge in [-0.05, 0) is 23.6 Å². The minimum absolute atomic E-state index is 0.154. The van der Waals surface area contributed by atoms with E-state index in [0.717, 1.165) is 11.3 Å². The van der Waals surface area contributed by atoms with Gasteiger partial charge in [-0.1, -0.05) is 43.3 Å². The Labute approximate surface area is 136 Å². The molecule has 0 aliphatic rings. The Morgan fingerprint density at radius 2 is 1.70 bits per heavy atom. The molecule has 0 radical (unpaired) electrons. The van der Waals surface area contributed by atoms with Crippen LogP contribution in [0.2, 0.25) is 0 Å². The fourth-order valence-corrected chi connectivity index (χ4v) is 2.16. The summed E-state index contributed by atoms with van der Waals surface area (Å²) in [5.74, 6) is -1.06. The van der Waals surface area contributed by atoms with Gasteiger partial charge < -0.3 is 10.6 Å². The van der Waals surface area contributed by atoms with Crippen LogP contribution >= 0.6 is 0 Å². The van der Waals surface area contributed by atoms with Crippen molar-refractivity contribution in [2.45, 2.75) is 19.3 Å². The predicted molar refractivity (Wildman–Crippen MR) is 88.8 cm³/mol. The van der Waals surface area contributed by atoms with Crippen LogP contribution in [0.1, 0.15) is 24.1 Å². The third-order valence-corrected chi connectivity index (χ3v) is 3.54. The van der Waals surface area contributed by atoms with Crippen LogP contribution < -0.4 is 10.6 Å². The molecule has 1 heterocycles. The van der Waals surface area contributed by atoms with Gasteiger partial charge in [0.1, 0.15) is 0 Å². The van der Waals surface area contributed by atoms with Crippen molar-refractivity contribution in [1.82, 2.24) is 15.6 Å². The first-order valence-electron chi connectivity index (χ1n) is 7.67. The maximum Gasteiger partial charge on any atom is 0.309 e. The highest BCUT2D eigenvalue weighted by Crippen LogP contribution is 2.12. The fourth-order valence-electron chi connectivity index (χ4n) is 2.16. The topological polar surface area (TPSA) is 71.1 Å². The SMILES string of the molecule is C[C@H](CNC(=O)C(=O)NCCc1ccccn1)c1ccccc1. The van der Waals surface area contributed by atoms with Gasteiger partial charge in [-0.25, -0.2) is 0 Å². The molecule has 0 aliphatic carbocycles. The maximum absolute atomic E-state index is 11.8. The molecule has 0 fully saturated rings. The summed E-state index contributed by atoms with van der Waals surface area (Å²) in [6.07, 6.45) is 2.30. The van der Waals surface area contributed by atoms with Crippen molar-refractivity contribution in [1.29, 1.82) is 0 Å². The Bertz CT molecular complexity index is 629. The molecule has 5 heteroatoms. The van der Waals surface area contributed by atoms with Crippen molar-refractivity contribution in [2.24, 2.45) is 0 Å². The first kappa shape index (κ1) is 16.7. The lowest BCUT2D eigenvalue weighted by molar-refractivity contribution is -0.139. The molecule has 2 aromatic rings. The van der Waals surface area contributed by atoms with Crippen molar-refractivity contribution in [3.63, 3.8) is 0 Å². The zero-order valence-corrected chi connectivity index (χ0v) is 13.2. The Morgan fingerprint density at radius 1 is 1.00 bits per heavy atom. The molecule has 0 bridgehead atoms. The Kier molecular flexibility index (Phi) is 6.29. The number of carbonyl (C=O) groups is 2. The summed E-state index contributed by atoms with van der Waals surface area (Å²) in [5.41, 5.74) is 2.01. The maximum atomic E-state index is 11.8. The first-order valence-corrected chi connectivity index (χ1v) is 7.67. The molecule has 2 N–H and O–H groups in total. The summed E-state index contributed by atoms with van der Waals surface area (Å²) < 4.78 is 0. The molecule has 1 aromatic carbocycles. The molecule has 120 valence electrons. The van der Waals surface area contributed by atoms with E-state index >= 15 is 0 Å². The first-order chi connectivity index (χ1) is 11.2. The lowest BCUT2D eigenvalue weighted by atomic mass is 10.0. The lowest BCUT2D eigenvalue weighted by Gasteiger charge is -2.12. The van der Waals surface area contributed by atoms with Crippen LogP contribution in [0, 0.1) is 0 Å². The standard InChI is InChI=1S/C18H21N3O2/c1-14(15-7-3-2-4-8-15)13-21-18(23)17(22)20-12-10-16-9-5-6-11-19-16/h2-9,11,14H,10,12-13H2,1H3,(H,20,22)(H,21,23)/t14-/m1/s1. The third-order valence-electron chi connectivity index (χ3n) is 3.54. The van der Waals surface area contributed by atoms with E-state index < -0.39 is 11.8 Å². The second-order valence-electron chi connectivity index (χ2n) is 5.35. The second kappa shape index (κ2) is 8.68. The molecule has 0 aliphatic heterocycles. The zero-order valence-electron chi connectivity index (χ0n) is 13.2. The number of nitrogens with zero attached hydrogens (tertiary/aromatic N) is 1. The normalized spacial score (nSPS) is 11.5. The van der Waals surface area contributed by atoms with Gasteiger partial charge in [0.25, 0.3) is 0 Å².